The molecule has 0 heterocycles. The fourth-order valence-corrected chi connectivity index (χ4v) is 2.92. The Morgan fingerprint density at radius 1 is 1.27 bits per heavy atom. The van der Waals surface area contributed by atoms with Gasteiger partial charge in [0.05, 0.1) is 0 Å². The van der Waals surface area contributed by atoms with E-state index >= 15 is 0 Å². The summed E-state index contributed by atoms with van der Waals surface area (Å²) in [4.78, 5) is 12.4. The van der Waals surface area contributed by atoms with Gasteiger partial charge < -0.3 is 11.1 Å². The number of nitrogens with one attached hydrogen (secondary N) is 1. The molecular formula is C18H31ClN2O. The summed E-state index contributed by atoms with van der Waals surface area (Å²) in [5.41, 5.74) is 6.79. The van der Waals surface area contributed by atoms with Gasteiger partial charge in [0, 0.05) is 18.5 Å². The Hall–Kier alpha value is -1.06. The number of halogens is 1. The number of benzene rings is 1. The number of rotatable bonds is 8. The minimum Gasteiger partial charge on any atom is -0.350 e. The largest absolute Gasteiger partial charge is 0.350 e. The highest BCUT2D eigenvalue weighted by atomic mass is 35.5. The molecule has 4 heteroatoms. The Kier molecular flexibility index (Phi) is 9.38. The number of nitrogens with two attached hydrogens (primary N) is 1. The van der Waals surface area contributed by atoms with Crippen molar-refractivity contribution in [1.29, 1.82) is 0 Å². The highest BCUT2D eigenvalue weighted by Crippen LogP contribution is 2.24. The van der Waals surface area contributed by atoms with E-state index in [9.17, 15) is 4.79 Å². The second kappa shape index (κ2) is 9.86. The van der Waals surface area contributed by atoms with Crippen LogP contribution in [0, 0.1) is 5.92 Å². The van der Waals surface area contributed by atoms with E-state index in [0.717, 1.165) is 12.8 Å². The van der Waals surface area contributed by atoms with Gasteiger partial charge in [0.25, 0.3) is 0 Å². The summed E-state index contributed by atoms with van der Waals surface area (Å²) in [6, 6.07) is 10.2. The first-order chi connectivity index (χ1) is 9.90. The van der Waals surface area contributed by atoms with E-state index in [1.807, 2.05) is 25.1 Å². The molecule has 1 aromatic carbocycles. The normalized spacial score (nSPS) is 14.8. The fraction of sp³-hybridized carbons (Fsp3) is 0.611. The molecule has 0 radical (unpaired) electrons. The van der Waals surface area contributed by atoms with Gasteiger partial charge in [-0.1, -0.05) is 51.1 Å². The minimum atomic E-state index is -0.305. The Balaban J connectivity index is 0.00000441. The predicted molar refractivity (Wildman–Crippen MR) is 96.4 cm³/mol. The molecule has 3 N–H and O–H groups in total. The van der Waals surface area contributed by atoms with Crippen molar-refractivity contribution in [2.24, 2.45) is 11.7 Å². The zero-order valence-corrected chi connectivity index (χ0v) is 15.1. The van der Waals surface area contributed by atoms with E-state index < -0.39 is 0 Å². The van der Waals surface area contributed by atoms with E-state index in [-0.39, 0.29) is 29.8 Å². The van der Waals surface area contributed by atoms with Crippen molar-refractivity contribution in [2.75, 3.05) is 6.54 Å². The molecule has 126 valence electrons. The van der Waals surface area contributed by atoms with Crippen molar-refractivity contribution in [3.8, 4) is 0 Å². The lowest BCUT2D eigenvalue weighted by Gasteiger charge is -2.32. The zero-order chi connectivity index (χ0) is 15.9. The molecule has 2 atom stereocenters. The van der Waals surface area contributed by atoms with E-state index in [2.05, 4.69) is 38.2 Å². The highest BCUT2D eigenvalue weighted by molar-refractivity contribution is 5.85. The summed E-state index contributed by atoms with van der Waals surface area (Å²) in [5.74, 6) is 0.876. The maximum absolute atomic E-state index is 12.4. The number of carbonyl (C=O) groups excluding carboxylic acids is 1. The zero-order valence-electron chi connectivity index (χ0n) is 14.3. The quantitative estimate of drug-likeness (QED) is 0.762. The summed E-state index contributed by atoms with van der Waals surface area (Å²) in [5, 5.41) is 3.15. The lowest BCUT2D eigenvalue weighted by molar-refractivity contribution is -0.123. The topological polar surface area (TPSA) is 55.1 Å². The van der Waals surface area contributed by atoms with Crippen LogP contribution in [0.2, 0.25) is 0 Å². The van der Waals surface area contributed by atoms with Crippen LogP contribution in [0.3, 0.4) is 0 Å². The monoisotopic (exact) mass is 326 g/mol. The molecule has 0 aromatic heterocycles. The Labute approximate surface area is 141 Å². The third-order valence-corrected chi connectivity index (χ3v) is 3.95. The Bertz CT molecular complexity index is 436. The van der Waals surface area contributed by atoms with Crippen molar-refractivity contribution in [3.63, 3.8) is 0 Å². The first-order valence-electron chi connectivity index (χ1n) is 7.96. The van der Waals surface area contributed by atoms with Crippen molar-refractivity contribution in [1.82, 2.24) is 5.32 Å². The molecule has 0 bridgehead atoms. The number of hydrogen-bond acceptors (Lipinski definition) is 2. The first kappa shape index (κ1) is 20.9. The van der Waals surface area contributed by atoms with E-state index in [1.165, 1.54) is 5.56 Å². The Morgan fingerprint density at radius 2 is 1.86 bits per heavy atom. The van der Waals surface area contributed by atoms with Crippen molar-refractivity contribution in [2.45, 2.75) is 58.4 Å². The molecule has 0 aliphatic heterocycles. The third-order valence-electron chi connectivity index (χ3n) is 3.95. The van der Waals surface area contributed by atoms with Gasteiger partial charge >= 0.3 is 0 Å². The van der Waals surface area contributed by atoms with Crippen LogP contribution in [0.1, 0.15) is 58.4 Å². The van der Waals surface area contributed by atoms with Crippen LogP contribution in [0.15, 0.2) is 30.3 Å². The van der Waals surface area contributed by atoms with Gasteiger partial charge in [0.2, 0.25) is 5.91 Å². The van der Waals surface area contributed by atoms with E-state index in [0.29, 0.717) is 18.9 Å². The standard InChI is InChI=1S/C18H30N2O.ClH/c1-5-15(16-9-7-6-8-10-16)11-17(21)20-18(4,13-19)12-14(2)3;/h6-10,14-15H,5,11-13,19H2,1-4H3,(H,20,21);1H. The van der Waals surface area contributed by atoms with Gasteiger partial charge in [0.1, 0.15) is 0 Å². The van der Waals surface area contributed by atoms with Crippen LogP contribution in [0.5, 0.6) is 0 Å². The SMILES string of the molecule is CCC(CC(=O)NC(C)(CN)CC(C)C)c1ccccc1.Cl. The van der Waals surface area contributed by atoms with Crippen molar-refractivity contribution in [3.05, 3.63) is 35.9 Å². The molecule has 1 amide bonds. The molecule has 0 spiro atoms. The van der Waals surface area contributed by atoms with Crippen LogP contribution >= 0.6 is 12.4 Å². The van der Waals surface area contributed by atoms with Gasteiger partial charge in [-0.05, 0) is 37.2 Å². The molecule has 0 saturated heterocycles. The molecule has 0 saturated carbocycles. The summed E-state index contributed by atoms with van der Waals surface area (Å²) in [6.07, 6.45) is 2.38. The Morgan fingerprint density at radius 3 is 2.32 bits per heavy atom. The second-order valence-electron chi connectivity index (χ2n) is 6.63. The lowest BCUT2D eigenvalue weighted by atomic mass is 9.89. The molecule has 0 fully saturated rings. The molecule has 1 aromatic rings. The summed E-state index contributed by atoms with van der Waals surface area (Å²) >= 11 is 0. The molecule has 2 unspecified atom stereocenters. The summed E-state index contributed by atoms with van der Waals surface area (Å²) < 4.78 is 0. The van der Waals surface area contributed by atoms with Crippen LogP contribution in [-0.4, -0.2) is 18.0 Å². The maximum atomic E-state index is 12.4. The highest BCUT2D eigenvalue weighted by Gasteiger charge is 2.26. The van der Waals surface area contributed by atoms with Crippen LogP contribution in [-0.2, 0) is 4.79 Å². The maximum Gasteiger partial charge on any atom is 0.221 e. The van der Waals surface area contributed by atoms with E-state index in [1.54, 1.807) is 0 Å². The predicted octanol–water partition coefficient (Wildman–Crippen LogP) is 3.87. The van der Waals surface area contributed by atoms with Gasteiger partial charge in [-0.2, -0.15) is 0 Å². The average Bonchev–Trinajstić information content (AvgIpc) is 2.44. The van der Waals surface area contributed by atoms with Gasteiger partial charge in [-0.3, -0.25) is 4.79 Å². The van der Waals surface area contributed by atoms with Crippen LogP contribution in [0.4, 0.5) is 0 Å². The van der Waals surface area contributed by atoms with E-state index in [4.69, 9.17) is 5.73 Å². The summed E-state index contributed by atoms with van der Waals surface area (Å²) in [7, 11) is 0. The van der Waals surface area contributed by atoms with Crippen molar-refractivity contribution >= 4 is 18.3 Å². The number of hydrogen-bond donors (Lipinski definition) is 2. The average molecular weight is 327 g/mol. The molecule has 0 aliphatic rings. The third kappa shape index (κ3) is 6.80. The van der Waals surface area contributed by atoms with Crippen LogP contribution in [0.25, 0.3) is 0 Å². The molecule has 3 nitrogen and oxygen atoms in total. The van der Waals surface area contributed by atoms with Crippen molar-refractivity contribution < 1.29 is 4.79 Å². The summed E-state index contributed by atoms with van der Waals surface area (Å²) in [6.45, 7) is 8.94. The number of carbonyl (C=O) groups is 1. The van der Waals surface area contributed by atoms with Crippen LogP contribution < -0.4 is 11.1 Å². The first-order valence-corrected chi connectivity index (χ1v) is 7.96. The minimum absolute atomic E-state index is 0. The smallest absolute Gasteiger partial charge is 0.221 e. The van der Waals surface area contributed by atoms with Gasteiger partial charge in [0.15, 0.2) is 0 Å². The molecule has 22 heavy (non-hydrogen) atoms. The van der Waals surface area contributed by atoms with Gasteiger partial charge in [-0.15, -0.1) is 12.4 Å². The lowest BCUT2D eigenvalue weighted by Crippen LogP contribution is -2.52. The molecule has 0 aliphatic carbocycles. The second-order valence-corrected chi connectivity index (χ2v) is 6.63. The van der Waals surface area contributed by atoms with Gasteiger partial charge in [-0.25, -0.2) is 0 Å². The molecular weight excluding hydrogens is 296 g/mol. The molecule has 1 rings (SSSR count). The number of amides is 1. The fourth-order valence-electron chi connectivity index (χ4n) is 2.92.